The Morgan fingerprint density at radius 3 is 2.15 bits per heavy atom. The lowest BCUT2D eigenvalue weighted by Crippen LogP contribution is -2.15. The Kier molecular flexibility index (Phi) is 6.73. The van der Waals surface area contributed by atoms with Gasteiger partial charge in [-0.3, -0.25) is 9.59 Å². The van der Waals surface area contributed by atoms with E-state index in [2.05, 4.69) is 24.5 Å². The zero-order valence-electron chi connectivity index (χ0n) is 12.2. The topological polar surface area (TPSA) is 67.4 Å². The highest BCUT2D eigenvalue weighted by Crippen LogP contribution is 2.13. The maximum Gasteiger partial charge on any atom is 0.226 e. The molecule has 0 aliphatic carbocycles. The first-order valence-electron chi connectivity index (χ1n) is 6.72. The van der Waals surface area contributed by atoms with Gasteiger partial charge in [0.05, 0.1) is 13.0 Å². The number of benzene rings is 1. The molecule has 0 spiro atoms. The molecule has 0 bridgehead atoms. The van der Waals surface area contributed by atoms with Crippen LogP contribution in [0, 0.1) is 5.92 Å². The van der Waals surface area contributed by atoms with Crippen LogP contribution in [0.2, 0.25) is 0 Å². The van der Waals surface area contributed by atoms with Gasteiger partial charge < -0.3 is 15.4 Å². The van der Waals surface area contributed by atoms with E-state index < -0.39 is 0 Å². The molecule has 2 N–H and O–H groups in total. The Bertz CT molecular complexity index is 441. The number of rotatable bonds is 7. The summed E-state index contributed by atoms with van der Waals surface area (Å²) >= 11 is 0. The number of nitrogens with one attached hydrogen (secondary N) is 2. The lowest BCUT2D eigenvalue weighted by molar-refractivity contribution is -0.117. The second-order valence-electron chi connectivity index (χ2n) is 5.03. The first kappa shape index (κ1) is 16.2. The lowest BCUT2D eigenvalue weighted by Gasteiger charge is -2.08. The number of amides is 2. The summed E-state index contributed by atoms with van der Waals surface area (Å²) in [5, 5.41) is 5.45. The second-order valence-corrected chi connectivity index (χ2v) is 5.03. The van der Waals surface area contributed by atoms with Gasteiger partial charge in [0.2, 0.25) is 11.8 Å². The highest BCUT2D eigenvalue weighted by atomic mass is 16.5. The van der Waals surface area contributed by atoms with Gasteiger partial charge in [-0.25, -0.2) is 0 Å². The number of carbonyl (C=O) groups is 2. The van der Waals surface area contributed by atoms with Crippen LogP contribution in [0.1, 0.15) is 27.2 Å². The maximum absolute atomic E-state index is 11.7. The van der Waals surface area contributed by atoms with Crippen molar-refractivity contribution >= 4 is 23.2 Å². The van der Waals surface area contributed by atoms with E-state index >= 15 is 0 Å². The maximum atomic E-state index is 11.7. The highest BCUT2D eigenvalue weighted by molar-refractivity contribution is 5.92. The third-order valence-electron chi connectivity index (χ3n) is 2.41. The summed E-state index contributed by atoms with van der Waals surface area (Å²) in [6, 6.07) is 6.98. The summed E-state index contributed by atoms with van der Waals surface area (Å²) in [6.07, 6.45) is 0.333. The fourth-order valence-corrected chi connectivity index (χ4v) is 1.55. The summed E-state index contributed by atoms with van der Waals surface area (Å²) in [6.45, 7) is 6.67. The van der Waals surface area contributed by atoms with Gasteiger partial charge in [-0.1, -0.05) is 13.8 Å². The molecule has 0 atom stereocenters. The number of hydrogen-bond donors (Lipinski definition) is 2. The predicted octanol–water partition coefficient (Wildman–Crippen LogP) is 2.65. The summed E-state index contributed by atoms with van der Waals surface area (Å²) in [5.41, 5.74) is 1.41. The Morgan fingerprint density at radius 1 is 1.10 bits per heavy atom. The fraction of sp³-hybridized carbons (Fsp3) is 0.467. The van der Waals surface area contributed by atoms with E-state index in [1.54, 1.807) is 24.3 Å². The van der Waals surface area contributed by atoms with Gasteiger partial charge in [0.1, 0.15) is 0 Å². The van der Waals surface area contributed by atoms with Crippen molar-refractivity contribution in [1.82, 2.24) is 0 Å². The molecular formula is C15H22N2O3. The molecule has 0 saturated heterocycles. The zero-order chi connectivity index (χ0) is 15.0. The number of hydrogen-bond acceptors (Lipinski definition) is 3. The second kappa shape index (κ2) is 8.32. The molecule has 0 aliphatic rings. The van der Waals surface area contributed by atoms with Crippen molar-refractivity contribution in [2.45, 2.75) is 27.2 Å². The minimum Gasteiger partial charge on any atom is -0.381 e. The number of ether oxygens (including phenoxy) is 1. The van der Waals surface area contributed by atoms with Gasteiger partial charge in [-0.15, -0.1) is 0 Å². The fourth-order valence-electron chi connectivity index (χ4n) is 1.55. The van der Waals surface area contributed by atoms with Gasteiger partial charge in [0.25, 0.3) is 0 Å². The predicted molar refractivity (Wildman–Crippen MR) is 79.6 cm³/mol. The first-order chi connectivity index (χ1) is 9.47. The Morgan fingerprint density at radius 2 is 1.65 bits per heavy atom. The molecule has 0 unspecified atom stereocenters. The van der Waals surface area contributed by atoms with E-state index in [1.165, 1.54) is 6.92 Å². The molecule has 0 heterocycles. The largest absolute Gasteiger partial charge is 0.381 e. The lowest BCUT2D eigenvalue weighted by atomic mass is 10.2. The summed E-state index contributed by atoms with van der Waals surface area (Å²) in [4.78, 5) is 22.5. The summed E-state index contributed by atoms with van der Waals surface area (Å²) in [5.74, 6) is 0.268. The molecule has 0 radical (unpaired) electrons. The zero-order valence-corrected chi connectivity index (χ0v) is 12.2. The van der Waals surface area contributed by atoms with Crippen molar-refractivity contribution in [3.8, 4) is 0 Å². The normalized spacial score (nSPS) is 10.4. The van der Waals surface area contributed by atoms with E-state index in [-0.39, 0.29) is 11.8 Å². The minimum absolute atomic E-state index is 0.0824. The first-order valence-corrected chi connectivity index (χ1v) is 6.72. The van der Waals surface area contributed by atoms with Gasteiger partial charge in [0.15, 0.2) is 0 Å². The molecule has 0 saturated carbocycles. The quantitative estimate of drug-likeness (QED) is 0.753. The van der Waals surface area contributed by atoms with Crippen molar-refractivity contribution in [2.24, 2.45) is 5.92 Å². The molecule has 0 aliphatic heterocycles. The average molecular weight is 278 g/mol. The average Bonchev–Trinajstić information content (AvgIpc) is 2.36. The van der Waals surface area contributed by atoms with Crippen LogP contribution >= 0.6 is 0 Å². The smallest absolute Gasteiger partial charge is 0.226 e. The van der Waals surface area contributed by atoms with Crippen molar-refractivity contribution < 1.29 is 14.3 Å². The Hall–Kier alpha value is -1.88. The van der Waals surface area contributed by atoms with Crippen molar-refractivity contribution in [3.05, 3.63) is 24.3 Å². The van der Waals surface area contributed by atoms with E-state index in [4.69, 9.17) is 4.74 Å². The van der Waals surface area contributed by atoms with E-state index in [1.807, 2.05) is 0 Å². The van der Waals surface area contributed by atoms with Crippen LogP contribution in [-0.2, 0) is 14.3 Å². The molecule has 1 aromatic carbocycles. The van der Waals surface area contributed by atoms with Crippen LogP contribution in [0.25, 0.3) is 0 Å². The van der Waals surface area contributed by atoms with E-state index in [0.29, 0.717) is 36.9 Å². The molecule has 2 amide bonds. The van der Waals surface area contributed by atoms with Crippen LogP contribution in [0.15, 0.2) is 24.3 Å². The van der Waals surface area contributed by atoms with Crippen LogP contribution in [-0.4, -0.2) is 25.0 Å². The van der Waals surface area contributed by atoms with Crippen LogP contribution < -0.4 is 10.6 Å². The number of carbonyl (C=O) groups excluding carboxylic acids is 2. The Labute approximate surface area is 119 Å². The monoisotopic (exact) mass is 278 g/mol. The van der Waals surface area contributed by atoms with Gasteiger partial charge in [-0.05, 0) is 30.2 Å². The highest BCUT2D eigenvalue weighted by Gasteiger charge is 2.03. The molecule has 0 aromatic heterocycles. The number of anilines is 2. The summed E-state index contributed by atoms with van der Waals surface area (Å²) in [7, 11) is 0. The molecule has 5 heteroatoms. The van der Waals surface area contributed by atoms with Gasteiger partial charge in [0, 0.05) is 24.9 Å². The minimum atomic E-state index is -0.121. The molecule has 1 rings (SSSR count). The van der Waals surface area contributed by atoms with Crippen LogP contribution in [0.4, 0.5) is 11.4 Å². The summed E-state index contributed by atoms with van der Waals surface area (Å²) < 4.78 is 5.36. The molecule has 1 aromatic rings. The molecule has 5 nitrogen and oxygen atoms in total. The molecule has 20 heavy (non-hydrogen) atoms. The van der Waals surface area contributed by atoms with Crippen LogP contribution in [0.3, 0.4) is 0 Å². The Balaban J connectivity index is 2.33. The van der Waals surface area contributed by atoms with E-state index in [9.17, 15) is 9.59 Å². The van der Waals surface area contributed by atoms with Gasteiger partial charge in [-0.2, -0.15) is 0 Å². The van der Waals surface area contributed by atoms with Crippen molar-refractivity contribution in [2.75, 3.05) is 23.8 Å². The standard InChI is InChI=1S/C15H22N2O3/c1-11(2)10-20-9-8-15(19)17-14-6-4-13(5-7-14)16-12(3)18/h4-7,11H,8-10H2,1-3H3,(H,16,18)(H,17,19). The SMILES string of the molecule is CC(=O)Nc1ccc(NC(=O)CCOCC(C)C)cc1. The van der Waals surface area contributed by atoms with E-state index in [0.717, 1.165) is 0 Å². The third-order valence-corrected chi connectivity index (χ3v) is 2.41. The van der Waals surface area contributed by atoms with Crippen LogP contribution in [0.5, 0.6) is 0 Å². The molecular weight excluding hydrogens is 256 g/mol. The molecule has 110 valence electrons. The van der Waals surface area contributed by atoms with Gasteiger partial charge >= 0.3 is 0 Å². The van der Waals surface area contributed by atoms with Crippen molar-refractivity contribution in [1.29, 1.82) is 0 Å². The van der Waals surface area contributed by atoms with Crippen molar-refractivity contribution in [3.63, 3.8) is 0 Å². The third kappa shape index (κ3) is 6.89. The molecule has 0 fully saturated rings.